The van der Waals surface area contributed by atoms with Crippen LogP contribution in [0.2, 0.25) is 0 Å². The highest BCUT2D eigenvalue weighted by Crippen LogP contribution is 2.29. The lowest BCUT2D eigenvalue weighted by Gasteiger charge is -2.24. The number of methoxy groups -OCH3 is 1. The SMILES string of the molecule is COC(=O)c1ccc(Br)c(OC2CCS(=O)(=O)CC2)c1. The van der Waals surface area contributed by atoms with Gasteiger partial charge < -0.3 is 9.47 Å². The maximum absolute atomic E-state index is 11.5. The van der Waals surface area contributed by atoms with Crippen molar-refractivity contribution in [2.75, 3.05) is 18.6 Å². The monoisotopic (exact) mass is 362 g/mol. The van der Waals surface area contributed by atoms with Gasteiger partial charge in [0.2, 0.25) is 0 Å². The normalized spacial score (nSPS) is 18.5. The molecule has 0 saturated carbocycles. The summed E-state index contributed by atoms with van der Waals surface area (Å²) in [6.07, 6.45) is 0.789. The molecule has 0 spiro atoms. The summed E-state index contributed by atoms with van der Waals surface area (Å²) >= 11 is 3.36. The van der Waals surface area contributed by atoms with E-state index in [1.54, 1.807) is 18.2 Å². The Morgan fingerprint density at radius 2 is 1.95 bits per heavy atom. The molecule has 1 fully saturated rings. The summed E-state index contributed by atoms with van der Waals surface area (Å²) in [5.74, 6) is 0.378. The van der Waals surface area contributed by atoms with Crippen molar-refractivity contribution in [2.45, 2.75) is 18.9 Å². The van der Waals surface area contributed by atoms with E-state index >= 15 is 0 Å². The van der Waals surface area contributed by atoms with E-state index < -0.39 is 15.8 Å². The summed E-state index contributed by atoms with van der Waals surface area (Å²) in [6, 6.07) is 4.94. The molecule has 1 aromatic rings. The summed E-state index contributed by atoms with van der Waals surface area (Å²) in [5.41, 5.74) is 0.397. The van der Waals surface area contributed by atoms with Gasteiger partial charge in [0.25, 0.3) is 0 Å². The molecule has 7 heteroatoms. The molecule has 2 rings (SSSR count). The van der Waals surface area contributed by atoms with Gasteiger partial charge in [-0.25, -0.2) is 13.2 Å². The van der Waals surface area contributed by atoms with Crippen molar-refractivity contribution in [3.8, 4) is 5.75 Å². The highest BCUT2D eigenvalue weighted by Gasteiger charge is 2.25. The molecule has 0 atom stereocenters. The van der Waals surface area contributed by atoms with Gasteiger partial charge in [0.05, 0.1) is 28.7 Å². The average molecular weight is 363 g/mol. The van der Waals surface area contributed by atoms with Crippen LogP contribution in [0.4, 0.5) is 0 Å². The molecule has 0 radical (unpaired) electrons. The van der Waals surface area contributed by atoms with Gasteiger partial charge in [0.15, 0.2) is 9.84 Å². The van der Waals surface area contributed by atoms with E-state index in [0.29, 0.717) is 24.2 Å². The zero-order valence-electron chi connectivity index (χ0n) is 11.0. The van der Waals surface area contributed by atoms with E-state index in [1.807, 2.05) is 0 Å². The third-order valence-electron chi connectivity index (χ3n) is 3.15. The van der Waals surface area contributed by atoms with Gasteiger partial charge in [-0.15, -0.1) is 0 Å². The quantitative estimate of drug-likeness (QED) is 0.770. The number of rotatable bonds is 3. The smallest absolute Gasteiger partial charge is 0.337 e. The molecule has 0 unspecified atom stereocenters. The molecule has 0 N–H and O–H groups in total. The second-order valence-electron chi connectivity index (χ2n) is 4.61. The van der Waals surface area contributed by atoms with Crippen molar-refractivity contribution in [1.29, 1.82) is 0 Å². The van der Waals surface area contributed by atoms with E-state index in [0.717, 1.165) is 4.47 Å². The molecule has 1 saturated heterocycles. The first-order valence-electron chi connectivity index (χ1n) is 6.16. The number of carbonyl (C=O) groups is 1. The number of carbonyl (C=O) groups excluding carboxylic acids is 1. The van der Waals surface area contributed by atoms with E-state index in [9.17, 15) is 13.2 Å². The third-order valence-corrected chi connectivity index (χ3v) is 5.52. The van der Waals surface area contributed by atoms with Crippen molar-refractivity contribution in [3.05, 3.63) is 28.2 Å². The molecule has 1 heterocycles. The number of sulfone groups is 1. The molecule has 1 aliphatic rings. The van der Waals surface area contributed by atoms with Gasteiger partial charge in [-0.05, 0) is 47.0 Å². The summed E-state index contributed by atoms with van der Waals surface area (Å²) in [4.78, 5) is 11.5. The van der Waals surface area contributed by atoms with E-state index in [1.165, 1.54) is 7.11 Å². The third kappa shape index (κ3) is 3.73. The molecule has 0 aliphatic carbocycles. The number of benzene rings is 1. The topological polar surface area (TPSA) is 69.7 Å². The van der Waals surface area contributed by atoms with Crippen LogP contribution in [0.5, 0.6) is 5.75 Å². The first kappa shape index (κ1) is 15.3. The molecule has 0 amide bonds. The average Bonchev–Trinajstić information content (AvgIpc) is 2.42. The maximum Gasteiger partial charge on any atom is 0.337 e. The van der Waals surface area contributed by atoms with Gasteiger partial charge >= 0.3 is 5.97 Å². The fourth-order valence-electron chi connectivity index (χ4n) is 2.00. The zero-order valence-corrected chi connectivity index (χ0v) is 13.4. The fraction of sp³-hybridized carbons (Fsp3) is 0.462. The molecule has 20 heavy (non-hydrogen) atoms. The minimum absolute atomic E-state index is 0.145. The Balaban J connectivity index is 2.11. The van der Waals surface area contributed by atoms with E-state index in [4.69, 9.17) is 4.74 Å². The highest BCUT2D eigenvalue weighted by molar-refractivity contribution is 9.10. The van der Waals surface area contributed by atoms with Crippen LogP contribution in [0.25, 0.3) is 0 Å². The standard InChI is InChI=1S/C13H15BrO5S/c1-18-13(15)9-2-3-11(14)12(8-9)19-10-4-6-20(16,17)7-5-10/h2-3,8,10H,4-7H2,1H3. The van der Waals surface area contributed by atoms with Crippen LogP contribution in [0.1, 0.15) is 23.2 Å². The molecule has 110 valence electrons. The van der Waals surface area contributed by atoms with Gasteiger partial charge in [0.1, 0.15) is 11.9 Å². The van der Waals surface area contributed by atoms with Crippen molar-refractivity contribution in [3.63, 3.8) is 0 Å². The molecular formula is C13H15BrO5S. The molecular weight excluding hydrogens is 348 g/mol. The first-order chi connectivity index (χ1) is 9.41. The van der Waals surface area contributed by atoms with Gasteiger partial charge in [-0.3, -0.25) is 0 Å². The lowest BCUT2D eigenvalue weighted by molar-refractivity contribution is 0.0599. The van der Waals surface area contributed by atoms with Crippen LogP contribution in [-0.4, -0.2) is 39.1 Å². The number of halogens is 1. The summed E-state index contributed by atoms with van der Waals surface area (Å²) < 4.78 is 33.9. The van der Waals surface area contributed by atoms with Crippen LogP contribution in [0.3, 0.4) is 0 Å². The zero-order chi connectivity index (χ0) is 14.8. The predicted molar refractivity (Wildman–Crippen MR) is 77.8 cm³/mol. The van der Waals surface area contributed by atoms with Gasteiger partial charge in [0, 0.05) is 0 Å². The fourth-order valence-corrected chi connectivity index (χ4v) is 3.79. The maximum atomic E-state index is 11.5. The van der Waals surface area contributed by atoms with Crippen molar-refractivity contribution in [2.24, 2.45) is 0 Å². The molecule has 1 aliphatic heterocycles. The number of ether oxygens (including phenoxy) is 2. The lowest BCUT2D eigenvalue weighted by atomic mass is 10.2. The predicted octanol–water partition coefficient (Wildman–Crippen LogP) is 2.19. The van der Waals surface area contributed by atoms with Crippen molar-refractivity contribution in [1.82, 2.24) is 0 Å². The first-order valence-corrected chi connectivity index (χ1v) is 8.77. The van der Waals surface area contributed by atoms with Gasteiger partial charge in [-0.2, -0.15) is 0 Å². The van der Waals surface area contributed by atoms with E-state index in [-0.39, 0.29) is 17.6 Å². The van der Waals surface area contributed by atoms with Crippen LogP contribution in [-0.2, 0) is 14.6 Å². The van der Waals surface area contributed by atoms with Crippen LogP contribution in [0.15, 0.2) is 22.7 Å². The Kier molecular flexibility index (Phi) is 4.70. The Morgan fingerprint density at radius 1 is 1.30 bits per heavy atom. The highest BCUT2D eigenvalue weighted by atomic mass is 79.9. The number of esters is 1. The lowest BCUT2D eigenvalue weighted by Crippen LogP contribution is -2.30. The Bertz CT molecular complexity index is 597. The summed E-state index contributed by atoms with van der Waals surface area (Å²) in [5, 5.41) is 0. The van der Waals surface area contributed by atoms with Crippen LogP contribution in [0, 0.1) is 0 Å². The summed E-state index contributed by atoms with van der Waals surface area (Å²) in [6.45, 7) is 0. The van der Waals surface area contributed by atoms with Crippen LogP contribution < -0.4 is 4.74 Å². The molecule has 0 aromatic heterocycles. The second kappa shape index (κ2) is 6.13. The van der Waals surface area contributed by atoms with Gasteiger partial charge in [-0.1, -0.05) is 0 Å². The van der Waals surface area contributed by atoms with Crippen LogP contribution >= 0.6 is 15.9 Å². The number of hydrogen-bond acceptors (Lipinski definition) is 5. The number of hydrogen-bond donors (Lipinski definition) is 0. The van der Waals surface area contributed by atoms with Crippen molar-refractivity contribution < 1.29 is 22.7 Å². The minimum Gasteiger partial charge on any atom is -0.489 e. The second-order valence-corrected chi connectivity index (χ2v) is 7.76. The largest absolute Gasteiger partial charge is 0.489 e. The minimum atomic E-state index is -2.91. The Hall–Kier alpha value is -1.08. The Morgan fingerprint density at radius 3 is 2.55 bits per heavy atom. The summed E-state index contributed by atoms with van der Waals surface area (Å²) in [7, 11) is -1.59. The molecule has 1 aromatic carbocycles. The molecule has 5 nitrogen and oxygen atoms in total. The van der Waals surface area contributed by atoms with E-state index in [2.05, 4.69) is 20.7 Å². The molecule has 0 bridgehead atoms. The van der Waals surface area contributed by atoms with Crippen molar-refractivity contribution >= 4 is 31.7 Å². The Labute approximate surface area is 126 Å².